The summed E-state index contributed by atoms with van der Waals surface area (Å²) in [4.78, 5) is 27.1. The molecule has 1 fully saturated rings. The molecule has 2 N–H and O–H groups in total. The SMILES string of the molecule is CC(C)(C)NC(=O)NC(=O)CN1CCC[C@H]1c1cccs1. The van der Waals surface area contributed by atoms with Gasteiger partial charge in [-0.3, -0.25) is 15.0 Å². The van der Waals surface area contributed by atoms with Gasteiger partial charge in [-0.1, -0.05) is 6.07 Å². The lowest BCUT2D eigenvalue weighted by Crippen LogP contribution is -2.50. The van der Waals surface area contributed by atoms with E-state index in [1.54, 1.807) is 11.3 Å². The number of hydrogen-bond acceptors (Lipinski definition) is 4. The second-order valence-electron chi connectivity index (χ2n) is 6.40. The molecule has 0 aromatic carbocycles. The Balaban J connectivity index is 1.86. The maximum atomic E-state index is 12.0. The fraction of sp³-hybridized carbons (Fsp3) is 0.600. The van der Waals surface area contributed by atoms with Crippen molar-refractivity contribution in [1.29, 1.82) is 0 Å². The summed E-state index contributed by atoms with van der Waals surface area (Å²) in [6.45, 7) is 6.80. The third-order valence-electron chi connectivity index (χ3n) is 3.32. The van der Waals surface area contributed by atoms with Crippen molar-refractivity contribution in [2.45, 2.75) is 45.2 Å². The molecule has 2 heterocycles. The first-order chi connectivity index (χ1) is 9.85. The molecule has 5 nitrogen and oxygen atoms in total. The maximum absolute atomic E-state index is 12.0. The highest BCUT2D eigenvalue weighted by atomic mass is 32.1. The quantitative estimate of drug-likeness (QED) is 0.902. The number of carbonyl (C=O) groups is 2. The molecule has 0 bridgehead atoms. The average Bonchev–Trinajstić information content (AvgIpc) is 2.94. The monoisotopic (exact) mass is 309 g/mol. The average molecular weight is 309 g/mol. The van der Waals surface area contributed by atoms with E-state index >= 15 is 0 Å². The fourth-order valence-electron chi connectivity index (χ4n) is 2.54. The maximum Gasteiger partial charge on any atom is 0.321 e. The van der Waals surface area contributed by atoms with Crippen LogP contribution in [0.3, 0.4) is 0 Å². The summed E-state index contributed by atoms with van der Waals surface area (Å²) in [6.07, 6.45) is 2.16. The van der Waals surface area contributed by atoms with Crippen LogP contribution in [0.5, 0.6) is 0 Å². The molecule has 1 aliphatic rings. The van der Waals surface area contributed by atoms with E-state index in [9.17, 15) is 9.59 Å². The Morgan fingerprint density at radius 2 is 2.19 bits per heavy atom. The minimum absolute atomic E-state index is 0.250. The molecule has 116 valence electrons. The zero-order valence-corrected chi connectivity index (χ0v) is 13.6. The van der Waals surface area contributed by atoms with Crippen LogP contribution in [-0.4, -0.2) is 35.5 Å². The van der Waals surface area contributed by atoms with Crippen molar-refractivity contribution in [2.24, 2.45) is 0 Å². The molecule has 21 heavy (non-hydrogen) atoms. The van der Waals surface area contributed by atoms with Crippen LogP contribution in [0.4, 0.5) is 4.79 Å². The minimum atomic E-state index is -0.431. The Labute approximate surface area is 129 Å². The summed E-state index contributed by atoms with van der Waals surface area (Å²) < 4.78 is 0. The molecule has 0 aliphatic carbocycles. The molecule has 1 atom stereocenters. The lowest BCUT2D eigenvalue weighted by atomic mass is 10.1. The second-order valence-corrected chi connectivity index (χ2v) is 7.38. The van der Waals surface area contributed by atoms with Gasteiger partial charge >= 0.3 is 6.03 Å². The van der Waals surface area contributed by atoms with Crippen molar-refractivity contribution in [1.82, 2.24) is 15.5 Å². The largest absolute Gasteiger partial charge is 0.333 e. The number of hydrogen-bond donors (Lipinski definition) is 2. The number of nitrogens with one attached hydrogen (secondary N) is 2. The fourth-order valence-corrected chi connectivity index (χ4v) is 3.44. The molecule has 1 aromatic heterocycles. The molecular weight excluding hydrogens is 286 g/mol. The van der Waals surface area contributed by atoms with Gasteiger partial charge in [-0.2, -0.15) is 0 Å². The number of carbonyl (C=O) groups excluding carboxylic acids is 2. The second kappa shape index (κ2) is 6.58. The first kappa shape index (κ1) is 16.0. The highest BCUT2D eigenvalue weighted by Gasteiger charge is 2.28. The highest BCUT2D eigenvalue weighted by Crippen LogP contribution is 2.33. The van der Waals surface area contributed by atoms with E-state index in [2.05, 4.69) is 27.0 Å². The van der Waals surface area contributed by atoms with E-state index in [0.29, 0.717) is 6.04 Å². The summed E-state index contributed by atoms with van der Waals surface area (Å²) in [5.41, 5.74) is -0.350. The topological polar surface area (TPSA) is 61.4 Å². The van der Waals surface area contributed by atoms with E-state index in [0.717, 1.165) is 19.4 Å². The van der Waals surface area contributed by atoms with Gasteiger partial charge in [0.05, 0.1) is 6.54 Å². The Bertz CT molecular complexity index is 494. The number of amides is 3. The first-order valence-corrected chi connectivity index (χ1v) is 8.12. The molecular formula is C15H23N3O2S. The van der Waals surface area contributed by atoms with Crippen molar-refractivity contribution in [3.8, 4) is 0 Å². The Hall–Kier alpha value is -1.40. The van der Waals surface area contributed by atoms with Gasteiger partial charge in [-0.25, -0.2) is 4.79 Å². The minimum Gasteiger partial charge on any atom is -0.333 e. The third-order valence-corrected chi connectivity index (χ3v) is 4.30. The molecule has 1 aromatic rings. The van der Waals surface area contributed by atoms with Gasteiger partial charge in [0.25, 0.3) is 0 Å². The van der Waals surface area contributed by atoms with Crippen LogP contribution in [0.2, 0.25) is 0 Å². The predicted molar refractivity (Wildman–Crippen MR) is 84.3 cm³/mol. The first-order valence-electron chi connectivity index (χ1n) is 7.24. The van der Waals surface area contributed by atoms with Crippen LogP contribution < -0.4 is 10.6 Å². The molecule has 3 amide bonds. The smallest absolute Gasteiger partial charge is 0.321 e. The van der Waals surface area contributed by atoms with E-state index in [4.69, 9.17) is 0 Å². The molecule has 0 unspecified atom stereocenters. The van der Waals surface area contributed by atoms with E-state index < -0.39 is 6.03 Å². The van der Waals surface area contributed by atoms with Gasteiger partial charge in [-0.05, 0) is 51.6 Å². The summed E-state index contributed by atoms with van der Waals surface area (Å²) >= 11 is 1.72. The van der Waals surface area contributed by atoms with Gasteiger partial charge in [0.15, 0.2) is 0 Å². The van der Waals surface area contributed by atoms with Gasteiger partial charge < -0.3 is 5.32 Å². The Kier molecular flexibility index (Phi) is 5.00. The number of imide groups is 1. The zero-order valence-electron chi connectivity index (χ0n) is 12.8. The van der Waals surface area contributed by atoms with Crippen molar-refractivity contribution in [3.05, 3.63) is 22.4 Å². The van der Waals surface area contributed by atoms with E-state index in [-0.39, 0.29) is 18.0 Å². The Morgan fingerprint density at radius 3 is 2.81 bits per heavy atom. The molecule has 1 saturated heterocycles. The highest BCUT2D eigenvalue weighted by molar-refractivity contribution is 7.10. The number of rotatable bonds is 3. The van der Waals surface area contributed by atoms with Crippen molar-refractivity contribution < 1.29 is 9.59 Å². The summed E-state index contributed by atoms with van der Waals surface area (Å²) in [6, 6.07) is 4.02. The van der Waals surface area contributed by atoms with Crippen LogP contribution in [-0.2, 0) is 4.79 Å². The predicted octanol–water partition coefficient (Wildman–Crippen LogP) is 2.51. The van der Waals surface area contributed by atoms with Crippen LogP contribution >= 0.6 is 11.3 Å². The van der Waals surface area contributed by atoms with Crippen molar-refractivity contribution >= 4 is 23.3 Å². The molecule has 0 radical (unpaired) electrons. The molecule has 2 rings (SSSR count). The van der Waals surface area contributed by atoms with Gasteiger partial charge in [0.1, 0.15) is 0 Å². The van der Waals surface area contributed by atoms with Crippen molar-refractivity contribution in [3.63, 3.8) is 0 Å². The van der Waals surface area contributed by atoms with E-state index in [1.165, 1.54) is 4.88 Å². The normalized spacial score (nSPS) is 19.5. The Morgan fingerprint density at radius 1 is 1.43 bits per heavy atom. The number of urea groups is 1. The van der Waals surface area contributed by atoms with Gasteiger partial charge in [0, 0.05) is 16.5 Å². The summed E-state index contributed by atoms with van der Waals surface area (Å²) in [5, 5.41) is 7.19. The van der Waals surface area contributed by atoms with Gasteiger partial charge in [0.2, 0.25) is 5.91 Å². The third kappa shape index (κ3) is 4.82. The number of likely N-dealkylation sites (tertiary alicyclic amines) is 1. The lowest BCUT2D eigenvalue weighted by Gasteiger charge is -2.24. The summed E-state index contributed by atoms with van der Waals surface area (Å²) in [5.74, 6) is -0.250. The van der Waals surface area contributed by atoms with Crippen LogP contribution in [0.25, 0.3) is 0 Å². The molecule has 0 saturated carbocycles. The molecule has 1 aliphatic heterocycles. The van der Waals surface area contributed by atoms with Crippen LogP contribution in [0.1, 0.15) is 44.5 Å². The number of thiophene rings is 1. The van der Waals surface area contributed by atoms with Gasteiger partial charge in [-0.15, -0.1) is 11.3 Å². The lowest BCUT2D eigenvalue weighted by molar-refractivity contribution is -0.121. The van der Waals surface area contributed by atoms with Crippen LogP contribution in [0, 0.1) is 0 Å². The van der Waals surface area contributed by atoms with Crippen LogP contribution in [0.15, 0.2) is 17.5 Å². The molecule has 0 spiro atoms. The summed E-state index contributed by atoms with van der Waals surface area (Å²) in [7, 11) is 0. The number of nitrogens with zero attached hydrogens (tertiary/aromatic N) is 1. The standard InChI is InChI=1S/C15H23N3O2S/c1-15(2,3)17-14(20)16-13(19)10-18-8-4-6-11(18)12-7-5-9-21-12/h5,7,9,11H,4,6,8,10H2,1-3H3,(H2,16,17,19,20)/t11-/m0/s1. The molecule has 6 heteroatoms. The van der Waals surface area contributed by atoms with Crippen molar-refractivity contribution in [2.75, 3.05) is 13.1 Å². The van der Waals surface area contributed by atoms with E-state index in [1.807, 2.05) is 26.8 Å². The zero-order chi connectivity index (χ0) is 15.5.